The summed E-state index contributed by atoms with van der Waals surface area (Å²) in [6.07, 6.45) is 3.98. The largest absolute Gasteiger partial charge is 0.378 e. The highest BCUT2D eigenvalue weighted by Gasteiger charge is 2.23. The van der Waals surface area contributed by atoms with Crippen LogP contribution in [0.2, 0.25) is 0 Å². The molecular formula is C13H27N3O. The maximum Gasteiger partial charge on any atom is 0.0588 e. The Morgan fingerprint density at radius 3 is 2.71 bits per heavy atom. The molecule has 0 aromatic heterocycles. The third-order valence-electron chi connectivity index (χ3n) is 4.18. The highest BCUT2D eigenvalue weighted by molar-refractivity contribution is 4.76. The van der Waals surface area contributed by atoms with Crippen LogP contribution < -0.4 is 11.1 Å². The molecule has 100 valence electrons. The zero-order valence-electron chi connectivity index (χ0n) is 11.0. The molecule has 0 bridgehead atoms. The Morgan fingerprint density at radius 1 is 1.29 bits per heavy atom. The number of nitrogens with one attached hydrogen (secondary N) is 1. The molecular weight excluding hydrogens is 214 g/mol. The van der Waals surface area contributed by atoms with Crippen LogP contribution in [-0.4, -0.2) is 56.4 Å². The van der Waals surface area contributed by atoms with E-state index in [1.165, 1.54) is 19.5 Å². The third-order valence-corrected chi connectivity index (χ3v) is 4.18. The van der Waals surface area contributed by atoms with Gasteiger partial charge in [-0.3, -0.25) is 0 Å². The summed E-state index contributed by atoms with van der Waals surface area (Å²) in [7, 11) is 0. The van der Waals surface area contributed by atoms with E-state index in [0.29, 0.717) is 18.1 Å². The van der Waals surface area contributed by atoms with Gasteiger partial charge in [0.15, 0.2) is 0 Å². The molecule has 2 rings (SSSR count). The van der Waals surface area contributed by atoms with Crippen LogP contribution in [0.5, 0.6) is 0 Å². The van der Waals surface area contributed by atoms with Crippen molar-refractivity contribution in [1.82, 2.24) is 10.2 Å². The molecule has 3 N–H and O–H groups in total. The van der Waals surface area contributed by atoms with E-state index < -0.39 is 0 Å². The van der Waals surface area contributed by atoms with Crippen molar-refractivity contribution in [2.24, 2.45) is 11.7 Å². The van der Waals surface area contributed by atoms with Crippen molar-refractivity contribution in [3.05, 3.63) is 0 Å². The molecule has 4 nitrogen and oxygen atoms in total. The maximum atomic E-state index is 5.89. The van der Waals surface area contributed by atoms with Gasteiger partial charge in [-0.05, 0) is 45.2 Å². The van der Waals surface area contributed by atoms with Crippen LogP contribution in [0, 0.1) is 5.92 Å². The molecule has 2 saturated heterocycles. The van der Waals surface area contributed by atoms with Crippen molar-refractivity contribution in [3.63, 3.8) is 0 Å². The summed E-state index contributed by atoms with van der Waals surface area (Å²) in [6.45, 7) is 8.84. The van der Waals surface area contributed by atoms with Gasteiger partial charge < -0.3 is 20.7 Å². The monoisotopic (exact) mass is 241 g/mol. The summed E-state index contributed by atoms with van der Waals surface area (Å²) >= 11 is 0. The normalized spacial score (nSPS) is 32.1. The van der Waals surface area contributed by atoms with Crippen molar-refractivity contribution < 1.29 is 4.74 Å². The fourth-order valence-corrected chi connectivity index (χ4v) is 2.75. The molecule has 0 aromatic carbocycles. The number of piperidine rings is 1. The highest BCUT2D eigenvalue weighted by atomic mass is 16.5. The molecule has 0 amide bonds. The molecule has 0 aromatic rings. The second-order valence-electron chi connectivity index (χ2n) is 5.51. The van der Waals surface area contributed by atoms with Crippen LogP contribution in [0.4, 0.5) is 0 Å². The van der Waals surface area contributed by atoms with Crippen molar-refractivity contribution in [1.29, 1.82) is 0 Å². The Hall–Kier alpha value is -0.160. The third kappa shape index (κ3) is 4.21. The van der Waals surface area contributed by atoms with Gasteiger partial charge in [0, 0.05) is 32.3 Å². The second-order valence-corrected chi connectivity index (χ2v) is 5.51. The summed E-state index contributed by atoms with van der Waals surface area (Å²) in [5, 5.41) is 3.56. The summed E-state index contributed by atoms with van der Waals surface area (Å²) in [4.78, 5) is 2.52. The van der Waals surface area contributed by atoms with E-state index in [1.807, 2.05) is 0 Å². The standard InChI is InChI=1S/C13H27N3O/c1-11-12(4-9-17-11)10-15-5-8-16-6-2-13(14)3-7-16/h11-13,15H,2-10,14H2,1H3. The van der Waals surface area contributed by atoms with Crippen molar-refractivity contribution >= 4 is 0 Å². The van der Waals surface area contributed by atoms with Crippen molar-refractivity contribution in [2.75, 3.05) is 39.3 Å². The zero-order valence-corrected chi connectivity index (χ0v) is 11.0. The first-order chi connectivity index (χ1) is 8.25. The van der Waals surface area contributed by atoms with Crippen LogP contribution in [0.1, 0.15) is 26.2 Å². The van der Waals surface area contributed by atoms with Crippen LogP contribution in [0.15, 0.2) is 0 Å². The van der Waals surface area contributed by atoms with E-state index in [1.54, 1.807) is 0 Å². The minimum Gasteiger partial charge on any atom is -0.378 e. The first kappa shape index (κ1) is 13.3. The Bertz CT molecular complexity index is 217. The lowest BCUT2D eigenvalue weighted by Crippen LogP contribution is -2.43. The topological polar surface area (TPSA) is 50.5 Å². The second kappa shape index (κ2) is 6.69. The predicted molar refractivity (Wildman–Crippen MR) is 70.0 cm³/mol. The Morgan fingerprint density at radius 2 is 2.06 bits per heavy atom. The van der Waals surface area contributed by atoms with Crippen molar-refractivity contribution in [3.8, 4) is 0 Å². The predicted octanol–water partition coefficient (Wildman–Crippen LogP) is 0.424. The molecule has 2 heterocycles. The van der Waals surface area contributed by atoms with Gasteiger partial charge in [0.05, 0.1) is 6.10 Å². The molecule has 2 atom stereocenters. The van der Waals surface area contributed by atoms with Gasteiger partial charge in [-0.2, -0.15) is 0 Å². The molecule has 0 aliphatic carbocycles. The fraction of sp³-hybridized carbons (Fsp3) is 1.00. The smallest absolute Gasteiger partial charge is 0.0588 e. The average molecular weight is 241 g/mol. The minimum absolute atomic E-state index is 0.440. The summed E-state index contributed by atoms with van der Waals surface area (Å²) < 4.78 is 5.56. The number of nitrogens with two attached hydrogens (primary N) is 1. The molecule has 2 aliphatic rings. The van der Waals surface area contributed by atoms with Crippen LogP contribution >= 0.6 is 0 Å². The molecule has 4 heteroatoms. The van der Waals surface area contributed by atoms with E-state index in [0.717, 1.165) is 39.1 Å². The van der Waals surface area contributed by atoms with Gasteiger partial charge in [-0.25, -0.2) is 0 Å². The Kier molecular flexibility index (Phi) is 5.22. The molecule has 0 saturated carbocycles. The minimum atomic E-state index is 0.440. The number of hydrogen-bond acceptors (Lipinski definition) is 4. The van der Waals surface area contributed by atoms with Crippen LogP contribution in [-0.2, 0) is 4.74 Å². The SMILES string of the molecule is CC1OCCC1CNCCN1CCC(N)CC1. The number of ether oxygens (including phenoxy) is 1. The lowest BCUT2D eigenvalue weighted by Gasteiger charge is -2.30. The molecule has 0 spiro atoms. The first-order valence-electron chi connectivity index (χ1n) is 7.06. The van der Waals surface area contributed by atoms with E-state index in [4.69, 9.17) is 10.5 Å². The average Bonchev–Trinajstić information content (AvgIpc) is 2.73. The quantitative estimate of drug-likeness (QED) is 0.685. The lowest BCUT2D eigenvalue weighted by atomic mass is 10.0. The van der Waals surface area contributed by atoms with Gasteiger partial charge in [0.25, 0.3) is 0 Å². The number of nitrogens with zero attached hydrogens (tertiary/aromatic N) is 1. The fourth-order valence-electron chi connectivity index (χ4n) is 2.75. The molecule has 2 fully saturated rings. The first-order valence-corrected chi connectivity index (χ1v) is 7.06. The maximum absolute atomic E-state index is 5.89. The lowest BCUT2D eigenvalue weighted by molar-refractivity contribution is 0.105. The number of hydrogen-bond donors (Lipinski definition) is 2. The number of rotatable bonds is 5. The summed E-state index contributed by atoms with van der Waals surface area (Å²) in [5.74, 6) is 0.713. The summed E-state index contributed by atoms with van der Waals surface area (Å²) in [6, 6.07) is 0.440. The van der Waals surface area contributed by atoms with E-state index in [9.17, 15) is 0 Å². The van der Waals surface area contributed by atoms with Gasteiger partial charge in [-0.15, -0.1) is 0 Å². The molecule has 2 aliphatic heterocycles. The highest BCUT2D eigenvalue weighted by Crippen LogP contribution is 2.19. The van der Waals surface area contributed by atoms with Gasteiger partial charge >= 0.3 is 0 Å². The van der Waals surface area contributed by atoms with E-state index in [-0.39, 0.29) is 0 Å². The number of likely N-dealkylation sites (tertiary alicyclic amines) is 1. The summed E-state index contributed by atoms with van der Waals surface area (Å²) in [5.41, 5.74) is 5.89. The van der Waals surface area contributed by atoms with Crippen molar-refractivity contribution in [2.45, 2.75) is 38.3 Å². The molecule has 0 radical (unpaired) electrons. The van der Waals surface area contributed by atoms with Gasteiger partial charge in [0.2, 0.25) is 0 Å². The zero-order chi connectivity index (χ0) is 12.1. The van der Waals surface area contributed by atoms with E-state index >= 15 is 0 Å². The van der Waals surface area contributed by atoms with E-state index in [2.05, 4.69) is 17.1 Å². The Balaban J connectivity index is 1.51. The molecule has 2 unspecified atom stereocenters. The molecule has 17 heavy (non-hydrogen) atoms. The van der Waals surface area contributed by atoms with Gasteiger partial charge in [-0.1, -0.05) is 0 Å². The van der Waals surface area contributed by atoms with Crippen LogP contribution in [0.3, 0.4) is 0 Å². The van der Waals surface area contributed by atoms with Crippen LogP contribution in [0.25, 0.3) is 0 Å². The van der Waals surface area contributed by atoms with Gasteiger partial charge in [0.1, 0.15) is 0 Å². The Labute approximate surface area is 105 Å².